The second-order valence-electron chi connectivity index (χ2n) is 5.45. The Morgan fingerprint density at radius 2 is 2.00 bits per heavy atom. The van der Waals surface area contributed by atoms with Crippen molar-refractivity contribution in [3.63, 3.8) is 0 Å². The summed E-state index contributed by atoms with van der Waals surface area (Å²) >= 11 is 0. The number of carboxylic acid groups (broad SMARTS) is 1. The monoisotopic (exact) mass is 357 g/mol. The fraction of sp³-hybridized carbons (Fsp3) is 0.562. The maximum absolute atomic E-state index is 13.0. The minimum atomic E-state index is -3.77. The van der Waals surface area contributed by atoms with Gasteiger partial charge in [0.1, 0.15) is 10.6 Å². The van der Waals surface area contributed by atoms with E-state index in [2.05, 4.69) is 0 Å². The average Bonchev–Trinajstić information content (AvgIpc) is 2.57. The number of nitrogens with zero attached hydrogens (tertiary/aromatic N) is 1. The Labute approximate surface area is 142 Å². The van der Waals surface area contributed by atoms with Gasteiger partial charge in [-0.25, -0.2) is 8.42 Å². The minimum absolute atomic E-state index is 0.0171. The van der Waals surface area contributed by atoms with Crippen LogP contribution < -0.4 is 4.74 Å². The molecule has 1 aromatic rings. The number of hydrogen-bond acceptors (Lipinski definition) is 5. The van der Waals surface area contributed by atoms with Crippen molar-refractivity contribution in [2.24, 2.45) is 0 Å². The van der Waals surface area contributed by atoms with E-state index in [0.29, 0.717) is 31.8 Å². The zero-order valence-corrected chi connectivity index (χ0v) is 14.7. The molecule has 1 N–H and O–H groups in total. The molecule has 24 heavy (non-hydrogen) atoms. The van der Waals surface area contributed by atoms with E-state index >= 15 is 0 Å². The fourth-order valence-electron chi connectivity index (χ4n) is 2.70. The highest BCUT2D eigenvalue weighted by atomic mass is 32.2. The Balaban J connectivity index is 2.49. The SMILES string of the molecule is CCOc1ccc(C(CC)C(=O)O)cc1S(=O)(=O)N1CCOCC1. The quantitative estimate of drug-likeness (QED) is 0.798. The number of carbonyl (C=O) groups is 1. The highest BCUT2D eigenvalue weighted by Gasteiger charge is 2.31. The summed E-state index contributed by atoms with van der Waals surface area (Å²) in [6.45, 7) is 5.07. The van der Waals surface area contributed by atoms with Crippen LogP contribution in [0.15, 0.2) is 23.1 Å². The highest BCUT2D eigenvalue weighted by molar-refractivity contribution is 7.89. The minimum Gasteiger partial charge on any atom is -0.492 e. The van der Waals surface area contributed by atoms with Gasteiger partial charge in [-0.05, 0) is 31.0 Å². The highest BCUT2D eigenvalue weighted by Crippen LogP contribution is 2.32. The molecule has 1 aliphatic heterocycles. The van der Waals surface area contributed by atoms with Crippen molar-refractivity contribution in [2.45, 2.75) is 31.1 Å². The van der Waals surface area contributed by atoms with E-state index < -0.39 is 21.9 Å². The smallest absolute Gasteiger partial charge is 0.310 e. The molecule has 8 heteroatoms. The molecule has 1 saturated heterocycles. The number of morpholine rings is 1. The summed E-state index contributed by atoms with van der Waals surface area (Å²) < 4.78 is 37.9. The molecule has 1 heterocycles. The van der Waals surface area contributed by atoms with Crippen molar-refractivity contribution in [3.05, 3.63) is 23.8 Å². The summed E-state index contributed by atoms with van der Waals surface area (Å²) in [7, 11) is -3.77. The Kier molecular flexibility index (Phi) is 6.20. The molecule has 2 rings (SSSR count). The number of carboxylic acids is 1. The van der Waals surface area contributed by atoms with Crippen LogP contribution in [0.25, 0.3) is 0 Å². The van der Waals surface area contributed by atoms with E-state index in [4.69, 9.17) is 9.47 Å². The van der Waals surface area contributed by atoms with Crippen LogP contribution in [-0.4, -0.2) is 56.7 Å². The Morgan fingerprint density at radius 3 is 2.54 bits per heavy atom. The Morgan fingerprint density at radius 1 is 1.33 bits per heavy atom. The third-order valence-corrected chi connectivity index (χ3v) is 5.88. The van der Waals surface area contributed by atoms with Crippen molar-refractivity contribution in [2.75, 3.05) is 32.9 Å². The van der Waals surface area contributed by atoms with Gasteiger partial charge in [-0.3, -0.25) is 4.79 Å². The molecule has 0 saturated carbocycles. The summed E-state index contributed by atoms with van der Waals surface area (Å²) in [4.78, 5) is 11.4. The maximum Gasteiger partial charge on any atom is 0.310 e. The lowest BCUT2D eigenvalue weighted by Gasteiger charge is -2.27. The molecule has 0 amide bonds. The molecule has 0 spiro atoms. The summed E-state index contributed by atoms with van der Waals surface area (Å²) in [6, 6.07) is 4.58. The molecule has 1 fully saturated rings. The standard InChI is InChI=1S/C16H23NO6S/c1-3-13(16(18)19)12-5-6-14(23-4-2)15(11-12)24(20,21)17-7-9-22-10-8-17/h5-6,11,13H,3-4,7-10H2,1-2H3,(H,18,19). The summed E-state index contributed by atoms with van der Waals surface area (Å²) in [6.07, 6.45) is 0.375. The van der Waals surface area contributed by atoms with Crippen molar-refractivity contribution in [1.29, 1.82) is 0 Å². The second kappa shape index (κ2) is 7.96. The lowest BCUT2D eigenvalue weighted by molar-refractivity contribution is -0.138. The molecule has 0 aliphatic carbocycles. The molecule has 0 radical (unpaired) electrons. The fourth-order valence-corrected chi connectivity index (χ4v) is 4.27. The Hall–Kier alpha value is -1.64. The predicted octanol–water partition coefficient (Wildman–Crippen LogP) is 1.68. The van der Waals surface area contributed by atoms with Crippen LogP contribution in [0.1, 0.15) is 31.7 Å². The number of ether oxygens (including phenoxy) is 2. The number of aliphatic carboxylic acids is 1. The third-order valence-electron chi connectivity index (χ3n) is 3.96. The first-order valence-corrected chi connectivity index (χ1v) is 9.43. The molecular weight excluding hydrogens is 334 g/mol. The topological polar surface area (TPSA) is 93.1 Å². The van der Waals surface area contributed by atoms with Crippen LogP contribution in [0.3, 0.4) is 0 Å². The van der Waals surface area contributed by atoms with Crippen LogP contribution in [0.5, 0.6) is 5.75 Å². The van der Waals surface area contributed by atoms with Gasteiger partial charge >= 0.3 is 5.97 Å². The third kappa shape index (κ3) is 3.88. The zero-order chi connectivity index (χ0) is 17.7. The van der Waals surface area contributed by atoms with Gasteiger partial charge in [0.25, 0.3) is 0 Å². The van der Waals surface area contributed by atoms with Crippen LogP contribution in [0, 0.1) is 0 Å². The summed E-state index contributed by atoms with van der Waals surface area (Å²) in [5.74, 6) is -1.48. The first-order chi connectivity index (χ1) is 11.4. The number of rotatable bonds is 7. The normalized spacial score (nSPS) is 17.4. The molecule has 1 aromatic carbocycles. The second-order valence-corrected chi connectivity index (χ2v) is 7.36. The van der Waals surface area contributed by atoms with Gasteiger partial charge in [-0.2, -0.15) is 4.31 Å². The molecule has 1 atom stereocenters. The number of sulfonamides is 1. The van der Waals surface area contributed by atoms with Crippen molar-refractivity contribution in [1.82, 2.24) is 4.31 Å². The summed E-state index contributed by atoms with van der Waals surface area (Å²) in [5.41, 5.74) is 0.459. The molecule has 1 aliphatic rings. The van der Waals surface area contributed by atoms with E-state index in [0.717, 1.165) is 0 Å². The van der Waals surface area contributed by atoms with E-state index in [1.807, 2.05) is 0 Å². The van der Waals surface area contributed by atoms with Gasteiger partial charge < -0.3 is 14.6 Å². The first-order valence-electron chi connectivity index (χ1n) is 7.99. The predicted molar refractivity (Wildman–Crippen MR) is 87.9 cm³/mol. The van der Waals surface area contributed by atoms with Gasteiger partial charge in [0, 0.05) is 13.1 Å². The molecule has 7 nitrogen and oxygen atoms in total. The van der Waals surface area contributed by atoms with Crippen LogP contribution in [-0.2, 0) is 19.6 Å². The average molecular weight is 357 g/mol. The molecule has 134 valence electrons. The Bertz CT molecular complexity index is 682. The van der Waals surface area contributed by atoms with Crippen molar-refractivity contribution < 1.29 is 27.8 Å². The number of hydrogen-bond donors (Lipinski definition) is 1. The van der Waals surface area contributed by atoms with E-state index in [9.17, 15) is 18.3 Å². The zero-order valence-electron chi connectivity index (χ0n) is 13.9. The van der Waals surface area contributed by atoms with E-state index in [1.165, 1.54) is 16.4 Å². The molecule has 1 unspecified atom stereocenters. The van der Waals surface area contributed by atoms with Gasteiger partial charge in [-0.1, -0.05) is 13.0 Å². The lowest BCUT2D eigenvalue weighted by atomic mass is 9.97. The van der Waals surface area contributed by atoms with Gasteiger partial charge in [0.05, 0.1) is 25.7 Å². The van der Waals surface area contributed by atoms with E-state index in [-0.39, 0.29) is 23.7 Å². The van der Waals surface area contributed by atoms with Crippen molar-refractivity contribution in [3.8, 4) is 5.75 Å². The largest absolute Gasteiger partial charge is 0.492 e. The van der Waals surface area contributed by atoms with Crippen molar-refractivity contribution >= 4 is 16.0 Å². The van der Waals surface area contributed by atoms with E-state index in [1.54, 1.807) is 19.9 Å². The van der Waals surface area contributed by atoms with Gasteiger partial charge in [0.15, 0.2) is 0 Å². The van der Waals surface area contributed by atoms with Crippen LogP contribution in [0.4, 0.5) is 0 Å². The maximum atomic E-state index is 13.0. The summed E-state index contributed by atoms with van der Waals surface area (Å²) in [5, 5.41) is 9.33. The molecule has 0 bridgehead atoms. The first kappa shape index (κ1) is 18.7. The number of benzene rings is 1. The lowest BCUT2D eigenvalue weighted by Crippen LogP contribution is -2.40. The van der Waals surface area contributed by atoms with Gasteiger partial charge in [0.2, 0.25) is 10.0 Å². The van der Waals surface area contributed by atoms with Gasteiger partial charge in [-0.15, -0.1) is 0 Å². The van der Waals surface area contributed by atoms with Crippen LogP contribution in [0.2, 0.25) is 0 Å². The van der Waals surface area contributed by atoms with Crippen LogP contribution >= 0.6 is 0 Å². The molecular formula is C16H23NO6S. The molecule has 0 aromatic heterocycles.